The highest BCUT2D eigenvalue weighted by Gasteiger charge is 2.14. The maximum absolute atomic E-state index is 10.6. The van der Waals surface area contributed by atoms with Crippen LogP contribution in [0.2, 0.25) is 0 Å². The van der Waals surface area contributed by atoms with Crippen LogP contribution in [0.25, 0.3) is 21.8 Å². The van der Waals surface area contributed by atoms with Gasteiger partial charge in [-0.25, -0.2) is 4.98 Å². The first kappa shape index (κ1) is 17.6. The van der Waals surface area contributed by atoms with E-state index in [9.17, 15) is 5.11 Å². The Labute approximate surface area is 159 Å². The van der Waals surface area contributed by atoms with Crippen molar-refractivity contribution in [3.8, 4) is 5.75 Å². The number of aliphatic hydroxyl groups is 1. The first-order valence-electron chi connectivity index (χ1n) is 9.49. The van der Waals surface area contributed by atoms with Crippen LogP contribution in [-0.4, -0.2) is 27.4 Å². The zero-order chi connectivity index (χ0) is 18.6. The zero-order valence-corrected chi connectivity index (χ0v) is 15.5. The van der Waals surface area contributed by atoms with Gasteiger partial charge >= 0.3 is 0 Å². The second-order valence-electron chi connectivity index (χ2n) is 6.82. The number of hydrogen-bond donors (Lipinski definition) is 1. The molecule has 27 heavy (non-hydrogen) atoms. The third-order valence-electron chi connectivity index (χ3n) is 4.78. The number of rotatable bonds is 7. The monoisotopic (exact) mass is 360 g/mol. The van der Waals surface area contributed by atoms with Gasteiger partial charge in [0.2, 0.25) is 0 Å². The van der Waals surface area contributed by atoms with Crippen LogP contribution in [0.3, 0.4) is 0 Å². The Morgan fingerprint density at radius 1 is 1.00 bits per heavy atom. The molecular formula is C23H24N2O2. The minimum absolute atomic E-state index is 0.242. The van der Waals surface area contributed by atoms with Crippen molar-refractivity contribution in [2.24, 2.45) is 0 Å². The highest BCUT2D eigenvalue weighted by Crippen LogP contribution is 2.25. The SMILES string of the molecule is CCCc1nc2ccccc2n1CC(O)COc1cccc2ccccc12. The van der Waals surface area contributed by atoms with Gasteiger partial charge in [-0.3, -0.25) is 0 Å². The Morgan fingerprint density at radius 3 is 2.67 bits per heavy atom. The summed E-state index contributed by atoms with van der Waals surface area (Å²) in [4.78, 5) is 4.73. The van der Waals surface area contributed by atoms with Gasteiger partial charge in [0.1, 0.15) is 24.3 Å². The van der Waals surface area contributed by atoms with Crippen LogP contribution in [0.1, 0.15) is 19.2 Å². The Hall–Kier alpha value is -2.85. The summed E-state index contributed by atoms with van der Waals surface area (Å²) in [6.07, 6.45) is 1.30. The number of aliphatic hydroxyl groups excluding tert-OH is 1. The molecule has 4 nitrogen and oxygen atoms in total. The number of hydrogen-bond acceptors (Lipinski definition) is 3. The van der Waals surface area contributed by atoms with Gasteiger partial charge < -0.3 is 14.4 Å². The molecule has 0 aliphatic heterocycles. The molecular weight excluding hydrogens is 336 g/mol. The van der Waals surface area contributed by atoms with Crippen LogP contribution in [0.15, 0.2) is 66.7 Å². The van der Waals surface area contributed by atoms with E-state index in [0.29, 0.717) is 6.54 Å². The summed E-state index contributed by atoms with van der Waals surface area (Å²) in [5.74, 6) is 1.82. The summed E-state index contributed by atoms with van der Waals surface area (Å²) >= 11 is 0. The van der Waals surface area contributed by atoms with Crippen molar-refractivity contribution < 1.29 is 9.84 Å². The van der Waals surface area contributed by atoms with E-state index in [0.717, 1.165) is 46.2 Å². The summed E-state index contributed by atoms with van der Waals surface area (Å²) in [5, 5.41) is 12.8. The summed E-state index contributed by atoms with van der Waals surface area (Å²) in [6, 6.07) is 22.2. The van der Waals surface area contributed by atoms with E-state index < -0.39 is 6.10 Å². The van der Waals surface area contributed by atoms with Crippen molar-refractivity contribution in [1.29, 1.82) is 0 Å². The van der Waals surface area contributed by atoms with Gasteiger partial charge in [0.25, 0.3) is 0 Å². The Morgan fingerprint density at radius 2 is 1.78 bits per heavy atom. The van der Waals surface area contributed by atoms with Gasteiger partial charge in [-0.2, -0.15) is 0 Å². The molecule has 0 fully saturated rings. The van der Waals surface area contributed by atoms with Crippen molar-refractivity contribution in [3.63, 3.8) is 0 Å². The zero-order valence-electron chi connectivity index (χ0n) is 15.5. The van der Waals surface area contributed by atoms with Crippen molar-refractivity contribution in [1.82, 2.24) is 9.55 Å². The molecule has 0 spiro atoms. The van der Waals surface area contributed by atoms with Gasteiger partial charge in [0.05, 0.1) is 17.6 Å². The van der Waals surface area contributed by atoms with Crippen LogP contribution in [0.5, 0.6) is 5.75 Å². The Bertz CT molecular complexity index is 1050. The number of imidazole rings is 1. The molecule has 0 aliphatic carbocycles. The van der Waals surface area contributed by atoms with Crippen molar-refractivity contribution >= 4 is 21.8 Å². The highest BCUT2D eigenvalue weighted by atomic mass is 16.5. The van der Waals surface area contributed by atoms with Crippen molar-refractivity contribution in [2.45, 2.75) is 32.4 Å². The van der Waals surface area contributed by atoms with Crippen molar-refractivity contribution in [2.75, 3.05) is 6.61 Å². The maximum atomic E-state index is 10.6. The van der Waals surface area contributed by atoms with Gasteiger partial charge in [-0.1, -0.05) is 55.5 Å². The molecule has 4 aromatic rings. The smallest absolute Gasteiger partial charge is 0.127 e. The number of para-hydroxylation sites is 2. The average molecular weight is 360 g/mol. The third kappa shape index (κ3) is 3.67. The lowest BCUT2D eigenvalue weighted by molar-refractivity contribution is 0.0934. The molecule has 1 atom stereocenters. The molecule has 0 amide bonds. The predicted octanol–water partition coefficient (Wildman–Crippen LogP) is 4.58. The van der Waals surface area contributed by atoms with Crippen LogP contribution in [0, 0.1) is 0 Å². The molecule has 0 aliphatic rings. The van der Waals surface area contributed by atoms with Crippen LogP contribution < -0.4 is 4.74 Å². The predicted molar refractivity (Wildman–Crippen MR) is 109 cm³/mol. The number of ether oxygens (including phenoxy) is 1. The minimum Gasteiger partial charge on any atom is -0.490 e. The van der Waals surface area contributed by atoms with E-state index >= 15 is 0 Å². The van der Waals surface area contributed by atoms with Crippen LogP contribution in [-0.2, 0) is 13.0 Å². The van der Waals surface area contributed by atoms with E-state index in [1.54, 1.807) is 0 Å². The van der Waals surface area contributed by atoms with Gasteiger partial charge in [-0.15, -0.1) is 0 Å². The fourth-order valence-corrected chi connectivity index (χ4v) is 3.51. The molecule has 4 heteroatoms. The van der Waals surface area contributed by atoms with Gasteiger partial charge in [0, 0.05) is 11.8 Å². The fourth-order valence-electron chi connectivity index (χ4n) is 3.51. The molecule has 4 rings (SSSR count). The number of benzene rings is 3. The second-order valence-corrected chi connectivity index (χ2v) is 6.82. The van der Waals surface area contributed by atoms with Gasteiger partial charge in [-0.05, 0) is 30.0 Å². The standard InChI is InChI=1S/C23H24N2O2/c1-2-8-23-24-20-12-5-6-13-21(20)25(23)15-18(26)16-27-22-14-7-10-17-9-3-4-11-19(17)22/h3-7,9-14,18,26H,2,8,15-16H2,1H3. The summed E-state index contributed by atoms with van der Waals surface area (Å²) < 4.78 is 8.08. The molecule has 0 saturated heterocycles. The fraction of sp³-hybridized carbons (Fsp3) is 0.261. The lowest BCUT2D eigenvalue weighted by Gasteiger charge is -2.16. The largest absolute Gasteiger partial charge is 0.490 e. The number of fused-ring (bicyclic) bond motifs is 2. The molecule has 0 radical (unpaired) electrons. The topological polar surface area (TPSA) is 47.3 Å². The minimum atomic E-state index is -0.614. The van der Waals surface area contributed by atoms with Crippen LogP contribution in [0.4, 0.5) is 0 Å². The second kappa shape index (κ2) is 7.80. The Balaban J connectivity index is 1.52. The Kier molecular flexibility index (Phi) is 5.07. The van der Waals surface area contributed by atoms with Gasteiger partial charge in [0.15, 0.2) is 0 Å². The summed E-state index contributed by atoms with van der Waals surface area (Å²) in [6.45, 7) is 2.86. The lowest BCUT2D eigenvalue weighted by atomic mass is 10.1. The molecule has 0 saturated carbocycles. The normalized spacial score (nSPS) is 12.5. The van der Waals surface area contributed by atoms with E-state index in [1.807, 2.05) is 48.5 Å². The van der Waals surface area contributed by atoms with Crippen molar-refractivity contribution in [3.05, 3.63) is 72.6 Å². The van der Waals surface area contributed by atoms with E-state index in [2.05, 4.69) is 29.7 Å². The molecule has 3 aromatic carbocycles. The van der Waals surface area contributed by atoms with Crippen LogP contribution >= 0.6 is 0 Å². The molecule has 1 heterocycles. The maximum Gasteiger partial charge on any atom is 0.127 e. The van der Waals surface area contributed by atoms with E-state index in [1.165, 1.54) is 0 Å². The number of nitrogens with zero attached hydrogens (tertiary/aromatic N) is 2. The van der Waals surface area contributed by atoms with E-state index in [-0.39, 0.29) is 6.61 Å². The number of aryl methyl sites for hydroxylation is 1. The highest BCUT2D eigenvalue weighted by molar-refractivity contribution is 5.88. The molecule has 138 valence electrons. The van der Waals surface area contributed by atoms with E-state index in [4.69, 9.17) is 9.72 Å². The first-order chi connectivity index (χ1) is 13.3. The molecule has 1 unspecified atom stereocenters. The lowest BCUT2D eigenvalue weighted by Crippen LogP contribution is -2.24. The number of aromatic nitrogens is 2. The third-order valence-corrected chi connectivity index (χ3v) is 4.78. The quantitative estimate of drug-likeness (QED) is 0.525. The molecule has 1 N–H and O–H groups in total. The summed E-state index contributed by atoms with van der Waals surface area (Å²) in [7, 11) is 0. The first-order valence-corrected chi connectivity index (χ1v) is 9.49. The molecule has 1 aromatic heterocycles. The average Bonchev–Trinajstić information content (AvgIpc) is 3.04. The molecule has 0 bridgehead atoms. The summed E-state index contributed by atoms with van der Waals surface area (Å²) in [5.41, 5.74) is 2.04.